The van der Waals surface area contributed by atoms with E-state index in [1.54, 1.807) is 6.07 Å². The molecule has 0 spiro atoms. The summed E-state index contributed by atoms with van der Waals surface area (Å²) in [5.74, 6) is 0.398. The minimum Gasteiger partial charge on any atom is -0.507 e. The molecule has 0 aliphatic carbocycles. The van der Waals surface area contributed by atoms with Gasteiger partial charge < -0.3 is 5.11 Å². The SMILES string of the molecule is CCc1cccc(O)c1-c1c(CC)cccc1CC. The molecule has 1 N–H and O–H groups in total. The van der Waals surface area contributed by atoms with Crippen molar-refractivity contribution in [1.29, 1.82) is 0 Å². The fraction of sp³-hybridized carbons (Fsp3) is 0.333. The highest BCUT2D eigenvalue weighted by molar-refractivity contribution is 5.79. The molecule has 0 aromatic heterocycles. The maximum absolute atomic E-state index is 10.3. The van der Waals surface area contributed by atoms with Crippen LogP contribution >= 0.6 is 0 Å². The molecule has 0 radical (unpaired) electrons. The summed E-state index contributed by atoms with van der Waals surface area (Å²) in [5, 5.41) is 10.3. The van der Waals surface area contributed by atoms with Crippen LogP contribution in [-0.4, -0.2) is 5.11 Å². The van der Waals surface area contributed by atoms with Gasteiger partial charge in [0.2, 0.25) is 0 Å². The fourth-order valence-corrected chi connectivity index (χ4v) is 2.73. The van der Waals surface area contributed by atoms with Crippen LogP contribution in [0, 0.1) is 0 Å². The Morgan fingerprint density at radius 1 is 0.684 bits per heavy atom. The van der Waals surface area contributed by atoms with Crippen molar-refractivity contribution in [3.05, 3.63) is 53.1 Å². The van der Waals surface area contributed by atoms with Crippen molar-refractivity contribution in [3.63, 3.8) is 0 Å². The van der Waals surface area contributed by atoms with E-state index in [-0.39, 0.29) is 0 Å². The van der Waals surface area contributed by atoms with Gasteiger partial charge >= 0.3 is 0 Å². The van der Waals surface area contributed by atoms with Crippen molar-refractivity contribution in [1.82, 2.24) is 0 Å². The number of benzene rings is 2. The van der Waals surface area contributed by atoms with Gasteiger partial charge in [-0.25, -0.2) is 0 Å². The summed E-state index contributed by atoms with van der Waals surface area (Å²) >= 11 is 0. The maximum Gasteiger partial charge on any atom is 0.123 e. The lowest BCUT2D eigenvalue weighted by Crippen LogP contribution is -1.97. The summed E-state index contributed by atoms with van der Waals surface area (Å²) in [5.41, 5.74) is 6.11. The van der Waals surface area contributed by atoms with Crippen LogP contribution < -0.4 is 0 Å². The molecule has 1 nitrogen and oxygen atoms in total. The van der Waals surface area contributed by atoms with Gasteiger partial charge in [0, 0.05) is 5.56 Å². The number of aromatic hydroxyl groups is 1. The van der Waals surface area contributed by atoms with Gasteiger partial charge in [-0.05, 0) is 47.6 Å². The summed E-state index contributed by atoms with van der Waals surface area (Å²) < 4.78 is 0. The second-order valence-corrected chi connectivity index (χ2v) is 4.82. The van der Waals surface area contributed by atoms with Gasteiger partial charge in [0.15, 0.2) is 0 Å². The van der Waals surface area contributed by atoms with Gasteiger partial charge in [0.25, 0.3) is 0 Å². The van der Waals surface area contributed by atoms with Crippen molar-refractivity contribution >= 4 is 0 Å². The molecule has 0 amide bonds. The molecule has 2 aromatic rings. The molecule has 0 unspecified atom stereocenters. The second-order valence-electron chi connectivity index (χ2n) is 4.82. The molecule has 1 heteroatoms. The van der Waals surface area contributed by atoms with Gasteiger partial charge in [-0.3, -0.25) is 0 Å². The summed E-state index contributed by atoms with van der Waals surface area (Å²) in [6, 6.07) is 12.3. The Morgan fingerprint density at radius 2 is 1.11 bits per heavy atom. The van der Waals surface area contributed by atoms with Crippen LogP contribution in [0.15, 0.2) is 36.4 Å². The average Bonchev–Trinajstić information content (AvgIpc) is 2.46. The topological polar surface area (TPSA) is 20.2 Å². The van der Waals surface area contributed by atoms with Crippen molar-refractivity contribution in [3.8, 4) is 16.9 Å². The highest BCUT2D eigenvalue weighted by Crippen LogP contribution is 2.37. The highest BCUT2D eigenvalue weighted by atomic mass is 16.3. The highest BCUT2D eigenvalue weighted by Gasteiger charge is 2.15. The van der Waals surface area contributed by atoms with Gasteiger partial charge in [0.05, 0.1) is 0 Å². The third-order valence-electron chi connectivity index (χ3n) is 3.76. The molecule has 2 aromatic carbocycles. The summed E-state index contributed by atoms with van der Waals surface area (Å²) in [6.45, 7) is 6.48. The first-order chi connectivity index (χ1) is 9.22. The van der Waals surface area contributed by atoms with Gasteiger partial charge in [0.1, 0.15) is 5.75 Å². The van der Waals surface area contributed by atoms with Gasteiger partial charge in [-0.15, -0.1) is 0 Å². The zero-order valence-electron chi connectivity index (χ0n) is 12.0. The number of aryl methyl sites for hydroxylation is 3. The minimum atomic E-state index is 0.398. The molecule has 0 atom stereocenters. The molecule has 19 heavy (non-hydrogen) atoms. The average molecular weight is 254 g/mol. The molecule has 0 saturated heterocycles. The molecule has 2 rings (SSSR count). The first-order valence-corrected chi connectivity index (χ1v) is 7.14. The Kier molecular flexibility index (Phi) is 4.26. The molecule has 0 heterocycles. The van der Waals surface area contributed by atoms with Gasteiger partial charge in [-0.1, -0.05) is 51.1 Å². The Bertz CT molecular complexity index is 548. The molecule has 100 valence electrons. The molecule has 0 saturated carbocycles. The third kappa shape index (κ3) is 2.51. The van der Waals surface area contributed by atoms with Crippen LogP contribution in [0.5, 0.6) is 5.75 Å². The van der Waals surface area contributed by atoms with E-state index in [4.69, 9.17) is 0 Å². The third-order valence-corrected chi connectivity index (χ3v) is 3.76. The van der Waals surface area contributed by atoms with Gasteiger partial charge in [-0.2, -0.15) is 0 Å². The minimum absolute atomic E-state index is 0.398. The standard InChI is InChI=1S/C18H22O/c1-4-13-9-7-10-14(5-2)17(13)18-15(6-3)11-8-12-16(18)19/h7-12,19H,4-6H2,1-3H3. The Hall–Kier alpha value is -1.76. The van der Waals surface area contributed by atoms with E-state index in [1.165, 1.54) is 22.3 Å². The lowest BCUT2D eigenvalue weighted by molar-refractivity contribution is 0.476. The lowest BCUT2D eigenvalue weighted by Gasteiger charge is -2.17. The van der Waals surface area contributed by atoms with E-state index in [0.29, 0.717) is 5.75 Å². The normalized spacial score (nSPS) is 10.7. The zero-order valence-corrected chi connectivity index (χ0v) is 12.0. The van der Waals surface area contributed by atoms with Crippen molar-refractivity contribution < 1.29 is 5.11 Å². The molecule has 0 fully saturated rings. The Labute approximate surface area is 115 Å². The predicted octanol–water partition coefficient (Wildman–Crippen LogP) is 4.75. The largest absolute Gasteiger partial charge is 0.507 e. The lowest BCUT2D eigenvalue weighted by atomic mass is 9.88. The number of phenolic OH excluding ortho intramolecular Hbond substituents is 1. The van der Waals surface area contributed by atoms with Crippen molar-refractivity contribution in [2.45, 2.75) is 40.0 Å². The second kappa shape index (κ2) is 5.92. The van der Waals surface area contributed by atoms with Crippen LogP contribution in [-0.2, 0) is 19.3 Å². The van der Waals surface area contributed by atoms with Crippen molar-refractivity contribution in [2.24, 2.45) is 0 Å². The summed E-state index contributed by atoms with van der Waals surface area (Å²) in [4.78, 5) is 0. The number of phenols is 1. The zero-order chi connectivity index (χ0) is 13.8. The smallest absolute Gasteiger partial charge is 0.123 e. The molecular formula is C18H22O. The number of hydrogen-bond donors (Lipinski definition) is 1. The van der Waals surface area contributed by atoms with E-state index in [1.807, 2.05) is 6.07 Å². The number of hydrogen-bond acceptors (Lipinski definition) is 1. The quantitative estimate of drug-likeness (QED) is 0.835. The van der Waals surface area contributed by atoms with E-state index < -0.39 is 0 Å². The fourth-order valence-electron chi connectivity index (χ4n) is 2.73. The monoisotopic (exact) mass is 254 g/mol. The Morgan fingerprint density at radius 3 is 1.58 bits per heavy atom. The summed E-state index contributed by atoms with van der Waals surface area (Å²) in [6.07, 6.45) is 2.91. The van der Waals surface area contributed by atoms with Crippen LogP contribution in [0.1, 0.15) is 37.5 Å². The van der Waals surface area contributed by atoms with Crippen LogP contribution in [0.25, 0.3) is 11.1 Å². The predicted molar refractivity (Wildman–Crippen MR) is 81.7 cm³/mol. The first-order valence-electron chi connectivity index (χ1n) is 7.14. The first kappa shape index (κ1) is 13.7. The van der Waals surface area contributed by atoms with Crippen LogP contribution in [0.2, 0.25) is 0 Å². The molecule has 0 bridgehead atoms. The van der Waals surface area contributed by atoms with E-state index in [9.17, 15) is 5.11 Å². The van der Waals surface area contributed by atoms with E-state index in [2.05, 4.69) is 45.0 Å². The van der Waals surface area contributed by atoms with Crippen LogP contribution in [0.4, 0.5) is 0 Å². The van der Waals surface area contributed by atoms with Crippen molar-refractivity contribution in [2.75, 3.05) is 0 Å². The van der Waals surface area contributed by atoms with Crippen LogP contribution in [0.3, 0.4) is 0 Å². The van der Waals surface area contributed by atoms with E-state index in [0.717, 1.165) is 24.8 Å². The Balaban J connectivity index is 2.77. The number of rotatable bonds is 4. The molecule has 0 aliphatic rings. The molecular weight excluding hydrogens is 232 g/mol. The maximum atomic E-state index is 10.3. The summed E-state index contributed by atoms with van der Waals surface area (Å²) in [7, 11) is 0. The molecule has 0 aliphatic heterocycles. The van der Waals surface area contributed by atoms with E-state index >= 15 is 0 Å².